The Kier molecular flexibility index (Phi) is 4.87. The number of esters is 1. The number of hydrogen-bond acceptors (Lipinski definition) is 6. The van der Waals surface area contributed by atoms with E-state index in [4.69, 9.17) is 4.74 Å². The zero-order valence-electron chi connectivity index (χ0n) is 13.6. The van der Waals surface area contributed by atoms with Gasteiger partial charge in [-0.1, -0.05) is 12.1 Å². The van der Waals surface area contributed by atoms with Crippen LogP contribution in [-0.4, -0.2) is 52.2 Å². The quantitative estimate of drug-likeness (QED) is 0.836. The molecule has 6 nitrogen and oxygen atoms in total. The molecule has 0 spiro atoms. The van der Waals surface area contributed by atoms with Gasteiger partial charge in [-0.05, 0) is 50.7 Å². The number of likely N-dealkylation sites (tertiary alicyclic amines) is 1. The highest BCUT2D eigenvalue weighted by atomic mass is 16.6. The zero-order chi connectivity index (χ0) is 17.0. The fourth-order valence-electron chi connectivity index (χ4n) is 2.96. The second-order valence-corrected chi connectivity index (χ2v) is 6.02. The zero-order valence-corrected chi connectivity index (χ0v) is 13.6. The summed E-state index contributed by atoms with van der Waals surface area (Å²) >= 11 is 0. The first-order valence-corrected chi connectivity index (χ1v) is 8.05. The minimum absolute atomic E-state index is 0.186. The fourth-order valence-corrected chi connectivity index (χ4v) is 2.96. The van der Waals surface area contributed by atoms with Crippen LogP contribution in [0, 0.1) is 0 Å². The monoisotopic (exact) mass is 327 g/mol. The molecule has 1 saturated heterocycles. The Bertz CT molecular complexity index is 639. The van der Waals surface area contributed by atoms with Crippen molar-refractivity contribution in [1.29, 1.82) is 0 Å². The van der Waals surface area contributed by atoms with Gasteiger partial charge in [0.15, 0.2) is 0 Å². The normalized spacial score (nSPS) is 18.5. The summed E-state index contributed by atoms with van der Waals surface area (Å²) in [5.74, 6) is -0.750. The van der Waals surface area contributed by atoms with Crippen LogP contribution in [0.1, 0.15) is 24.2 Å². The molecule has 24 heavy (non-hydrogen) atoms. The predicted molar refractivity (Wildman–Crippen MR) is 88.1 cm³/mol. The molecule has 126 valence electrons. The first-order chi connectivity index (χ1) is 11.6. The van der Waals surface area contributed by atoms with Crippen LogP contribution in [0.4, 0.5) is 0 Å². The van der Waals surface area contributed by atoms with E-state index in [0.717, 1.165) is 19.4 Å². The second kappa shape index (κ2) is 7.07. The lowest BCUT2D eigenvalue weighted by molar-refractivity contribution is -0.164. The number of carbonyl (C=O) groups excluding carboxylic acids is 1. The van der Waals surface area contributed by atoms with Gasteiger partial charge in [0, 0.05) is 18.4 Å². The van der Waals surface area contributed by atoms with E-state index in [1.165, 1.54) is 12.4 Å². The molecule has 1 N–H and O–H groups in total. The third-order valence-corrected chi connectivity index (χ3v) is 4.44. The minimum atomic E-state index is -2.01. The summed E-state index contributed by atoms with van der Waals surface area (Å²) in [6.45, 7) is 1.24. The van der Waals surface area contributed by atoms with Gasteiger partial charge in [-0.2, -0.15) is 0 Å². The number of rotatable bonds is 5. The number of hydrogen-bond donors (Lipinski definition) is 1. The van der Waals surface area contributed by atoms with Crippen molar-refractivity contribution in [2.75, 3.05) is 20.2 Å². The molecule has 0 saturated carbocycles. The Morgan fingerprint density at radius 3 is 2.33 bits per heavy atom. The van der Waals surface area contributed by atoms with Crippen LogP contribution in [0.25, 0.3) is 0 Å². The number of carbonyl (C=O) groups is 1. The Morgan fingerprint density at radius 1 is 1.25 bits per heavy atom. The summed E-state index contributed by atoms with van der Waals surface area (Å²) in [5.41, 5.74) is -1.61. The predicted octanol–water partition coefficient (Wildman–Crippen LogP) is 1.35. The van der Waals surface area contributed by atoms with Gasteiger partial charge < -0.3 is 14.7 Å². The van der Waals surface area contributed by atoms with Crippen LogP contribution < -0.4 is 0 Å². The Morgan fingerprint density at radius 2 is 1.88 bits per heavy atom. The molecule has 6 heteroatoms. The molecule has 1 aliphatic heterocycles. The van der Waals surface area contributed by atoms with Crippen molar-refractivity contribution in [2.24, 2.45) is 0 Å². The van der Waals surface area contributed by atoms with E-state index in [1.54, 1.807) is 36.4 Å². The third-order valence-electron chi connectivity index (χ3n) is 4.44. The van der Waals surface area contributed by atoms with E-state index in [9.17, 15) is 9.90 Å². The highest BCUT2D eigenvalue weighted by molar-refractivity contribution is 5.84. The maximum absolute atomic E-state index is 12.8. The van der Waals surface area contributed by atoms with Crippen molar-refractivity contribution in [3.05, 3.63) is 60.2 Å². The van der Waals surface area contributed by atoms with Gasteiger partial charge >= 0.3 is 5.97 Å². The van der Waals surface area contributed by atoms with E-state index in [-0.39, 0.29) is 24.0 Å². The summed E-state index contributed by atoms with van der Waals surface area (Å²) in [7, 11) is 2.01. The number of nitrogens with zero attached hydrogens (tertiary/aromatic N) is 3. The molecule has 1 atom stereocenters. The van der Waals surface area contributed by atoms with Crippen LogP contribution in [-0.2, 0) is 15.1 Å². The van der Waals surface area contributed by atoms with Gasteiger partial charge in [-0.15, -0.1) is 0 Å². The molecule has 0 bridgehead atoms. The summed E-state index contributed by atoms with van der Waals surface area (Å²) in [6, 6.07) is 10.3. The third kappa shape index (κ3) is 3.16. The first kappa shape index (κ1) is 16.5. The van der Waals surface area contributed by atoms with Crippen molar-refractivity contribution < 1.29 is 14.6 Å². The van der Waals surface area contributed by atoms with Gasteiger partial charge in [0.05, 0.1) is 11.4 Å². The van der Waals surface area contributed by atoms with E-state index < -0.39 is 11.6 Å². The topological polar surface area (TPSA) is 75.5 Å². The van der Waals surface area contributed by atoms with Crippen molar-refractivity contribution in [3.63, 3.8) is 0 Å². The fraction of sp³-hybridized carbons (Fsp3) is 0.389. The lowest BCUT2D eigenvalue weighted by Gasteiger charge is -2.26. The molecule has 3 rings (SSSR count). The molecule has 0 aromatic carbocycles. The Labute approximate surface area is 141 Å². The molecule has 1 unspecified atom stereocenters. The molecule has 2 aromatic rings. The number of likely N-dealkylation sites (N-methyl/N-ethyl adjacent to an activating group) is 1. The highest BCUT2D eigenvalue weighted by Crippen LogP contribution is 2.28. The summed E-state index contributed by atoms with van der Waals surface area (Å²) in [4.78, 5) is 23.2. The van der Waals surface area contributed by atoms with Crippen LogP contribution in [0.2, 0.25) is 0 Å². The summed E-state index contributed by atoms with van der Waals surface area (Å²) in [5, 5.41) is 11.1. The molecule has 1 fully saturated rings. The summed E-state index contributed by atoms with van der Waals surface area (Å²) in [6.07, 6.45) is 5.13. The smallest absolute Gasteiger partial charge is 0.351 e. The maximum Gasteiger partial charge on any atom is 0.351 e. The molecule has 1 aliphatic rings. The summed E-state index contributed by atoms with van der Waals surface area (Å²) < 4.78 is 5.46. The van der Waals surface area contributed by atoms with Crippen LogP contribution in [0.5, 0.6) is 0 Å². The molecule has 0 amide bonds. The van der Waals surface area contributed by atoms with Crippen molar-refractivity contribution >= 4 is 5.97 Å². The number of pyridine rings is 2. The highest BCUT2D eigenvalue weighted by Gasteiger charge is 2.45. The van der Waals surface area contributed by atoms with Gasteiger partial charge in [-0.3, -0.25) is 9.97 Å². The van der Waals surface area contributed by atoms with Gasteiger partial charge in [0.25, 0.3) is 0 Å². The van der Waals surface area contributed by atoms with Crippen molar-refractivity contribution in [2.45, 2.75) is 24.5 Å². The van der Waals surface area contributed by atoms with E-state index in [0.29, 0.717) is 0 Å². The number of ether oxygens (including phenoxy) is 1. The van der Waals surface area contributed by atoms with E-state index in [1.807, 2.05) is 7.05 Å². The SMILES string of the molecule is CN1CCCC1COC(=O)C(O)(c1ccccn1)c1ccccn1. The lowest BCUT2D eigenvalue weighted by atomic mass is 9.94. The Balaban J connectivity index is 1.86. The minimum Gasteiger partial charge on any atom is -0.461 e. The van der Waals surface area contributed by atoms with Gasteiger partial charge in [-0.25, -0.2) is 4.79 Å². The second-order valence-electron chi connectivity index (χ2n) is 6.02. The standard InChI is InChI=1S/C18H21N3O3/c1-21-12-6-7-14(21)13-24-17(22)18(23,15-8-2-4-10-19-15)16-9-3-5-11-20-16/h2-5,8-11,14,23H,6-7,12-13H2,1H3. The van der Waals surface area contributed by atoms with E-state index >= 15 is 0 Å². The number of aromatic nitrogens is 2. The van der Waals surface area contributed by atoms with Gasteiger partial charge in [0.1, 0.15) is 6.61 Å². The van der Waals surface area contributed by atoms with Crippen molar-refractivity contribution in [1.82, 2.24) is 14.9 Å². The molecular formula is C18H21N3O3. The maximum atomic E-state index is 12.8. The van der Waals surface area contributed by atoms with Crippen LogP contribution in [0.3, 0.4) is 0 Å². The average Bonchev–Trinajstić information content (AvgIpc) is 3.05. The first-order valence-electron chi connectivity index (χ1n) is 8.05. The van der Waals surface area contributed by atoms with Crippen LogP contribution in [0.15, 0.2) is 48.8 Å². The molecule has 3 heterocycles. The molecule has 0 radical (unpaired) electrons. The van der Waals surface area contributed by atoms with Gasteiger partial charge in [0.2, 0.25) is 5.60 Å². The molecule has 0 aliphatic carbocycles. The van der Waals surface area contributed by atoms with Crippen molar-refractivity contribution in [3.8, 4) is 0 Å². The Hall–Kier alpha value is -2.31. The molecule has 2 aromatic heterocycles. The number of aliphatic hydroxyl groups is 1. The van der Waals surface area contributed by atoms with Crippen LogP contribution >= 0.6 is 0 Å². The lowest BCUT2D eigenvalue weighted by Crippen LogP contribution is -2.42. The average molecular weight is 327 g/mol. The largest absolute Gasteiger partial charge is 0.461 e. The molecular weight excluding hydrogens is 306 g/mol. The van der Waals surface area contributed by atoms with E-state index in [2.05, 4.69) is 14.9 Å².